The fraction of sp³-hybridized carbons (Fsp3) is 0.304. The van der Waals surface area contributed by atoms with Gasteiger partial charge in [0.05, 0.1) is 22.3 Å². The third-order valence-corrected chi connectivity index (χ3v) is 9.04. The predicted molar refractivity (Wildman–Crippen MR) is 129 cm³/mol. The van der Waals surface area contributed by atoms with E-state index in [9.17, 15) is 13.2 Å². The molecule has 2 aromatic carbocycles. The topological polar surface area (TPSA) is 87.5 Å². The van der Waals surface area contributed by atoms with Gasteiger partial charge in [0.2, 0.25) is 10.0 Å². The third-order valence-electron chi connectivity index (χ3n) is 6.64. The number of carbonyl (C=O) groups is 1. The molecule has 3 heterocycles. The number of aromatic nitrogens is 2. The van der Waals surface area contributed by atoms with E-state index >= 15 is 0 Å². The second-order valence-electron chi connectivity index (χ2n) is 8.59. The first kappa shape index (κ1) is 23.3. The Morgan fingerprint density at radius 3 is 2.53 bits per heavy atom. The smallest absolute Gasteiger partial charge is 0.267 e. The number of sulfonamides is 1. The van der Waals surface area contributed by atoms with Crippen LogP contribution in [-0.4, -0.2) is 46.5 Å². The number of aryl methyl sites for hydroxylation is 1. The average Bonchev–Trinajstić information content (AvgIpc) is 3.37. The summed E-state index contributed by atoms with van der Waals surface area (Å²) in [7, 11) is -1.96. The monoisotopic (exact) mass is 519 g/mol. The molecule has 0 saturated carbocycles. The molecule has 0 aliphatic carbocycles. The molecule has 1 spiro atoms. The number of hydrogen-bond donors (Lipinski definition) is 1. The van der Waals surface area contributed by atoms with Crippen LogP contribution in [0.3, 0.4) is 0 Å². The fourth-order valence-electron chi connectivity index (χ4n) is 4.90. The Kier molecular flexibility index (Phi) is 5.94. The molecule has 2 aliphatic heterocycles. The van der Waals surface area contributed by atoms with Crippen LogP contribution in [0, 0.1) is 0 Å². The van der Waals surface area contributed by atoms with Gasteiger partial charge in [0.15, 0.2) is 0 Å². The fourth-order valence-corrected chi connectivity index (χ4v) is 6.82. The first-order valence-electron chi connectivity index (χ1n) is 10.8. The summed E-state index contributed by atoms with van der Waals surface area (Å²) in [5, 5.41) is 6.65. The molecule has 0 unspecified atom stereocenters. The maximum Gasteiger partial charge on any atom is 0.267 e. The van der Waals surface area contributed by atoms with Crippen molar-refractivity contribution in [3.05, 3.63) is 81.6 Å². The van der Waals surface area contributed by atoms with Gasteiger partial charge in [-0.05, 0) is 42.2 Å². The van der Waals surface area contributed by atoms with Crippen LogP contribution in [-0.2, 0) is 29.2 Å². The highest BCUT2D eigenvalue weighted by molar-refractivity contribution is 7.89. The van der Waals surface area contributed by atoms with Crippen molar-refractivity contribution < 1.29 is 13.2 Å². The Bertz CT molecular complexity index is 1370. The molecule has 1 N–H and O–H groups in total. The minimum atomic E-state index is -3.64. The summed E-state index contributed by atoms with van der Waals surface area (Å²) in [4.78, 5) is 13.3. The molecule has 0 bridgehead atoms. The molecule has 1 aromatic heterocycles. The van der Waals surface area contributed by atoms with E-state index in [0.29, 0.717) is 43.1 Å². The van der Waals surface area contributed by atoms with Crippen LogP contribution in [0.25, 0.3) is 0 Å². The summed E-state index contributed by atoms with van der Waals surface area (Å²) in [6.45, 7) is 1.15. The van der Waals surface area contributed by atoms with Crippen molar-refractivity contribution in [3.63, 3.8) is 0 Å². The summed E-state index contributed by atoms with van der Waals surface area (Å²) >= 11 is 12.2. The second-order valence-corrected chi connectivity index (χ2v) is 11.4. The van der Waals surface area contributed by atoms with Gasteiger partial charge in [0, 0.05) is 37.9 Å². The zero-order valence-electron chi connectivity index (χ0n) is 18.4. The van der Waals surface area contributed by atoms with Crippen LogP contribution >= 0.6 is 23.2 Å². The van der Waals surface area contributed by atoms with Gasteiger partial charge in [-0.2, -0.15) is 9.40 Å². The zero-order chi connectivity index (χ0) is 24.1. The summed E-state index contributed by atoms with van der Waals surface area (Å²) in [5.41, 5.74) is 5.06. The van der Waals surface area contributed by atoms with Crippen LogP contribution in [0.4, 0.5) is 0 Å². The molecule has 8 nitrogen and oxygen atoms in total. The Hall–Kier alpha value is -2.43. The second kappa shape index (κ2) is 8.66. The van der Waals surface area contributed by atoms with E-state index in [1.807, 2.05) is 23.2 Å². The Labute approximate surface area is 208 Å². The Balaban J connectivity index is 1.42. The van der Waals surface area contributed by atoms with E-state index < -0.39 is 15.6 Å². The lowest BCUT2D eigenvalue weighted by Gasteiger charge is -2.44. The number of nitrogens with zero attached hydrogens (tertiary/aromatic N) is 4. The van der Waals surface area contributed by atoms with Crippen molar-refractivity contribution >= 4 is 39.1 Å². The molecular weight excluding hydrogens is 497 g/mol. The van der Waals surface area contributed by atoms with E-state index in [4.69, 9.17) is 23.2 Å². The number of nitrogens with one attached hydrogen (secondary N) is 1. The van der Waals surface area contributed by atoms with Crippen LogP contribution in [0.5, 0.6) is 0 Å². The van der Waals surface area contributed by atoms with Crippen LogP contribution in [0.15, 0.2) is 59.8 Å². The van der Waals surface area contributed by atoms with Crippen molar-refractivity contribution in [1.29, 1.82) is 0 Å². The number of halogens is 2. The maximum atomic E-state index is 13.1. The van der Waals surface area contributed by atoms with Gasteiger partial charge in [-0.3, -0.25) is 14.9 Å². The molecule has 0 radical (unpaired) electrons. The molecule has 11 heteroatoms. The first-order valence-corrected chi connectivity index (χ1v) is 13.0. The van der Waals surface area contributed by atoms with Crippen molar-refractivity contribution in [2.45, 2.75) is 29.8 Å². The van der Waals surface area contributed by atoms with Gasteiger partial charge in [-0.1, -0.05) is 47.5 Å². The highest BCUT2D eigenvalue weighted by atomic mass is 35.5. The summed E-state index contributed by atoms with van der Waals surface area (Å²) in [5.74, 6) is -0.334. The standard InChI is InChI=1S/C23H23Cl2N5O3S/c1-28-15-18(13-26-28)34(32,33)29-10-8-23(9-11-29)20-5-3-2-4-16(20)14-30(23)27-22(31)19-7-6-17(24)12-21(19)25/h2-7,12-13,15H,8-11,14H2,1H3,(H,27,31). The molecule has 0 atom stereocenters. The van der Waals surface area contributed by atoms with E-state index in [1.165, 1.54) is 27.4 Å². The first-order chi connectivity index (χ1) is 16.2. The van der Waals surface area contributed by atoms with Crippen molar-refractivity contribution in [2.75, 3.05) is 13.1 Å². The summed E-state index contributed by atoms with van der Waals surface area (Å²) < 4.78 is 29.2. The lowest BCUT2D eigenvalue weighted by Crippen LogP contribution is -2.56. The molecule has 3 aromatic rings. The van der Waals surface area contributed by atoms with E-state index in [0.717, 1.165) is 11.1 Å². The van der Waals surface area contributed by atoms with Gasteiger partial charge in [-0.25, -0.2) is 13.4 Å². The van der Waals surface area contributed by atoms with Gasteiger partial charge in [0.1, 0.15) is 4.90 Å². The molecule has 1 fully saturated rings. The van der Waals surface area contributed by atoms with Crippen molar-refractivity contribution in [3.8, 4) is 0 Å². The number of fused-ring (bicyclic) bond motifs is 2. The molecule has 1 saturated heterocycles. The molecule has 2 aliphatic rings. The van der Waals surface area contributed by atoms with Gasteiger partial charge in [-0.15, -0.1) is 0 Å². The molecule has 34 heavy (non-hydrogen) atoms. The Morgan fingerprint density at radius 2 is 1.85 bits per heavy atom. The SMILES string of the molecule is Cn1cc(S(=O)(=O)N2CCC3(CC2)c2ccccc2CN3NC(=O)c2ccc(Cl)cc2Cl)cn1. The van der Waals surface area contributed by atoms with Crippen LogP contribution in [0.2, 0.25) is 10.0 Å². The molecule has 5 rings (SSSR count). The number of hydrogen-bond acceptors (Lipinski definition) is 5. The highest BCUT2D eigenvalue weighted by Gasteiger charge is 2.49. The normalized spacial score (nSPS) is 18.2. The van der Waals surface area contributed by atoms with E-state index in [2.05, 4.69) is 16.6 Å². The van der Waals surface area contributed by atoms with Crippen molar-refractivity contribution in [2.24, 2.45) is 7.05 Å². The quantitative estimate of drug-likeness (QED) is 0.569. The Morgan fingerprint density at radius 1 is 1.12 bits per heavy atom. The van der Waals surface area contributed by atoms with Gasteiger partial charge >= 0.3 is 0 Å². The van der Waals surface area contributed by atoms with Gasteiger partial charge in [0.25, 0.3) is 5.91 Å². The van der Waals surface area contributed by atoms with E-state index in [-0.39, 0.29) is 15.8 Å². The molecular formula is C23H23Cl2N5O3S. The summed E-state index contributed by atoms with van der Waals surface area (Å²) in [6.07, 6.45) is 3.93. The van der Waals surface area contributed by atoms with Crippen LogP contribution < -0.4 is 5.43 Å². The lowest BCUT2D eigenvalue weighted by molar-refractivity contribution is 0.00624. The van der Waals surface area contributed by atoms with Crippen LogP contribution in [0.1, 0.15) is 34.3 Å². The molecule has 178 valence electrons. The number of carbonyl (C=O) groups excluding carboxylic acids is 1. The maximum absolute atomic E-state index is 13.1. The van der Waals surface area contributed by atoms with Gasteiger partial charge < -0.3 is 0 Å². The van der Waals surface area contributed by atoms with E-state index in [1.54, 1.807) is 19.2 Å². The number of benzene rings is 2. The lowest BCUT2D eigenvalue weighted by atomic mass is 9.82. The zero-order valence-corrected chi connectivity index (χ0v) is 20.7. The minimum absolute atomic E-state index is 0.181. The molecule has 1 amide bonds. The predicted octanol–water partition coefficient (Wildman–Crippen LogP) is 3.57. The number of rotatable bonds is 4. The number of amides is 1. The summed E-state index contributed by atoms with van der Waals surface area (Å²) in [6, 6.07) is 12.8. The highest BCUT2D eigenvalue weighted by Crippen LogP contribution is 2.46. The van der Waals surface area contributed by atoms with Crippen molar-refractivity contribution in [1.82, 2.24) is 24.5 Å². The number of hydrazine groups is 1. The minimum Gasteiger partial charge on any atom is -0.284 e. The largest absolute Gasteiger partial charge is 0.284 e. The average molecular weight is 520 g/mol. The third kappa shape index (κ3) is 3.91. The number of piperidine rings is 1.